The number of anilines is 4. The number of hydrogen-bond acceptors (Lipinski definition) is 12. The maximum Gasteiger partial charge on any atom is 0.232 e. The summed E-state index contributed by atoms with van der Waals surface area (Å²) in [5.41, 5.74) is -4.04. The van der Waals surface area contributed by atoms with E-state index >= 15 is 19.2 Å². The number of nitrogens with zero attached hydrogens (tertiary/aromatic N) is 2. The van der Waals surface area contributed by atoms with E-state index in [1.807, 2.05) is 140 Å². The van der Waals surface area contributed by atoms with Crippen molar-refractivity contribution < 1.29 is 57.5 Å². The Morgan fingerprint density at radius 3 is 0.595 bits per heavy atom. The zero-order chi connectivity index (χ0) is 90.0. The first-order valence-corrected chi connectivity index (χ1v) is 48.2. The smallest absolute Gasteiger partial charge is 0.232 e. The second-order valence-electron chi connectivity index (χ2n) is 41.3. The Kier molecular flexibility index (Phi) is 25.0. The zero-order valence-corrected chi connectivity index (χ0v) is 76.9. The molecule has 0 spiro atoms. The Balaban J connectivity index is 0.841. The molecule has 22 nitrogen and oxygen atoms in total. The van der Waals surface area contributed by atoms with Gasteiger partial charge in [0.2, 0.25) is 70.9 Å². The van der Waals surface area contributed by atoms with E-state index in [4.69, 9.17) is 0 Å². The number of nitrogens with one attached hydrogen (secondary N) is 8. The molecule has 15 rings (SSSR count). The van der Waals surface area contributed by atoms with Gasteiger partial charge in [-0.05, 0) is 238 Å². The van der Waals surface area contributed by atoms with Crippen LogP contribution in [0, 0.1) is 65.0 Å². The number of amides is 12. The lowest BCUT2D eigenvalue weighted by atomic mass is 9.47. The standard InChI is InChI=1S/C104H136N10O12/c1-13-37-93(55-97(41-17-5)63-98(56-93,42-18-6)86(120)109-85(97)119)81(115)105-69-29-33-77-73(49-69)74-50-70(106-82(116)94(38-14-2)57-99(43-19-7)64-100(58-94,44-20-8)88(122)110-87(99)121)30-34-78(74)113(77)53-67-27-25-26-28-68(67)54-114-79-35-31-71(107-83(117)95(39-15-3)59-101(45-21-9)65-102(60-95,46-22-10)90(124)111-89(101)123)51-75(79)76-52-72(32-36-80(76)114)108-84(118)96(40-16-4)61-103(47-23-11)66-104(62-96,48-24-12)92(126)112-91(103)125/h25-36,49-52H,13-24,37-48,53-66H2,1-12H3,(H,105,115)(H,106,116)(H,107,117)(H,108,118)(H,109,119,120)(H,110,121,122)(H,111,123,124)(H,112,125,126). The largest absolute Gasteiger partial charge is 0.336 e. The summed E-state index contributed by atoms with van der Waals surface area (Å²) < 4.78 is 4.53. The molecular weight excluding hydrogens is 1580 g/mol. The molecule has 2 aromatic heterocycles. The molecule has 8 bridgehead atoms. The van der Waals surface area contributed by atoms with Crippen molar-refractivity contribution in [3.63, 3.8) is 0 Å². The maximum absolute atomic E-state index is 15.8. The highest BCUT2D eigenvalue weighted by atomic mass is 16.2. The number of imide groups is 4. The summed E-state index contributed by atoms with van der Waals surface area (Å²) in [5, 5.41) is 28.0. The molecule has 22 heteroatoms. The van der Waals surface area contributed by atoms with Crippen LogP contribution in [0.3, 0.4) is 0 Å². The van der Waals surface area contributed by atoms with Gasteiger partial charge in [-0.1, -0.05) is 184 Å². The van der Waals surface area contributed by atoms with Crippen molar-refractivity contribution in [2.24, 2.45) is 65.0 Å². The number of rotatable bonds is 36. The number of fused-ring (bicyclic) bond motifs is 14. The minimum atomic E-state index is -1.05. The summed E-state index contributed by atoms with van der Waals surface area (Å²) in [7, 11) is 0. The van der Waals surface area contributed by atoms with Crippen LogP contribution < -0.4 is 42.5 Å². The SMILES string of the molecule is CCCC12CC(CCC)(CC(CCC)(C(=O)Nc3ccc4c(c3)c3cc(NC(=O)C5(CCC)CC6(CCC)CC(CCC)(C5)C(=O)NC6=O)ccc3n4Cc3ccccc3Cn3c4ccc(NC(=O)C5(CCC)CC6(CCC)CC(CCC)(C5)C(=O)NC6=O)cc4c4cc(NC(=O)C5(CCC)CC6(CCC)CC(CCC)(C5)C(=O)NC6=O)ccc43)C1)C(=O)NC2=O. The average Bonchev–Trinajstić information content (AvgIpc) is 1.12. The molecular formula is C104H136N10O12. The number of carbonyl (C=O) groups excluding carboxylic acids is 12. The Morgan fingerprint density at radius 2 is 0.429 bits per heavy atom. The minimum Gasteiger partial charge on any atom is -0.336 e. The first-order valence-electron chi connectivity index (χ1n) is 48.2. The molecule has 12 amide bonds. The highest BCUT2D eigenvalue weighted by Gasteiger charge is 2.69. The quantitative estimate of drug-likeness (QED) is 0.0170. The molecule has 7 aromatic rings. The van der Waals surface area contributed by atoms with E-state index in [9.17, 15) is 38.4 Å². The molecule has 8 unspecified atom stereocenters. The molecule has 0 radical (unpaired) electrons. The zero-order valence-electron chi connectivity index (χ0n) is 76.9. The van der Waals surface area contributed by atoms with Gasteiger partial charge in [-0.25, -0.2) is 0 Å². The Hall–Kier alpha value is -9.86. The molecule has 8 atom stereocenters. The molecule has 8 N–H and O–H groups in total. The van der Waals surface area contributed by atoms with Crippen LogP contribution in [0.4, 0.5) is 22.7 Å². The molecule has 8 fully saturated rings. The Morgan fingerprint density at radius 1 is 0.254 bits per heavy atom. The van der Waals surface area contributed by atoms with Crippen molar-refractivity contribution in [1.82, 2.24) is 30.4 Å². The second kappa shape index (κ2) is 34.6. The van der Waals surface area contributed by atoms with Crippen molar-refractivity contribution in [3.8, 4) is 0 Å². The van der Waals surface area contributed by atoms with E-state index in [0.717, 1.165) is 54.7 Å². The summed E-state index contributed by atoms with van der Waals surface area (Å²) >= 11 is 0. The van der Waals surface area contributed by atoms with Crippen molar-refractivity contribution in [2.45, 2.75) is 327 Å². The average molecular weight is 1720 g/mol. The number of carbonyl (C=O) groups is 12. The number of aromatic nitrogens is 2. The predicted octanol–water partition coefficient (Wildman–Crippen LogP) is 20.6. The van der Waals surface area contributed by atoms with Crippen LogP contribution in [0.25, 0.3) is 43.6 Å². The number of piperidine rings is 4. The second-order valence-corrected chi connectivity index (χ2v) is 41.3. The van der Waals surface area contributed by atoms with Crippen LogP contribution in [0.15, 0.2) is 97.1 Å². The van der Waals surface area contributed by atoms with Gasteiger partial charge in [0, 0.05) is 79.5 Å². The van der Waals surface area contributed by atoms with E-state index in [1.165, 1.54) is 0 Å². The van der Waals surface area contributed by atoms with Crippen molar-refractivity contribution >= 4 is 137 Å². The molecule has 674 valence electrons. The van der Waals surface area contributed by atoms with Crippen LogP contribution in [0.2, 0.25) is 0 Å². The van der Waals surface area contributed by atoms with Crippen LogP contribution in [0.5, 0.6) is 0 Å². The van der Waals surface area contributed by atoms with Gasteiger partial charge in [-0.15, -0.1) is 0 Å². The van der Waals surface area contributed by atoms with Crippen molar-refractivity contribution in [1.29, 1.82) is 0 Å². The van der Waals surface area contributed by atoms with Gasteiger partial charge in [0.15, 0.2) is 0 Å². The summed E-state index contributed by atoms with van der Waals surface area (Å²) in [6.45, 7) is 25.3. The van der Waals surface area contributed by atoms with E-state index in [0.29, 0.717) is 267 Å². The monoisotopic (exact) mass is 1720 g/mol. The molecule has 4 saturated heterocycles. The molecule has 4 saturated carbocycles. The minimum absolute atomic E-state index is 0.229. The van der Waals surface area contributed by atoms with E-state index in [1.54, 1.807) is 0 Å². The van der Waals surface area contributed by atoms with Crippen LogP contribution in [-0.4, -0.2) is 80.0 Å². The molecule has 6 heterocycles. The number of benzene rings is 5. The summed E-state index contributed by atoms with van der Waals surface area (Å²) in [6.07, 6.45) is 18.7. The molecule has 5 aromatic carbocycles. The fourth-order valence-electron chi connectivity index (χ4n) is 28.3. The normalized spacial score (nSPS) is 30.4. The Bertz CT molecular complexity index is 4790. The van der Waals surface area contributed by atoms with Gasteiger partial charge in [0.1, 0.15) is 0 Å². The maximum atomic E-state index is 15.8. The van der Waals surface area contributed by atoms with Gasteiger partial charge < -0.3 is 30.4 Å². The van der Waals surface area contributed by atoms with E-state index in [-0.39, 0.29) is 70.9 Å². The molecule has 8 aliphatic rings. The molecule has 4 aliphatic carbocycles. The van der Waals surface area contributed by atoms with E-state index < -0.39 is 65.0 Å². The van der Waals surface area contributed by atoms with Gasteiger partial charge in [-0.3, -0.25) is 78.8 Å². The topological polar surface area (TPSA) is 311 Å². The third-order valence-corrected chi connectivity index (χ3v) is 32.1. The van der Waals surface area contributed by atoms with Gasteiger partial charge in [0.25, 0.3) is 0 Å². The van der Waals surface area contributed by atoms with Crippen molar-refractivity contribution in [3.05, 3.63) is 108 Å². The number of hydrogen-bond donors (Lipinski definition) is 8. The third kappa shape index (κ3) is 15.3. The molecule has 126 heavy (non-hydrogen) atoms. The lowest BCUT2D eigenvalue weighted by molar-refractivity contribution is -0.171. The first kappa shape index (κ1) is 90.9. The summed E-state index contributed by atoms with van der Waals surface area (Å²) in [4.78, 5) is 178. The molecule has 4 aliphatic heterocycles. The summed E-state index contributed by atoms with van der Waals surface area (Å²) in [6, 6.07) is 32.1. The summed E-state index contributed by atoms with van der Waals surface area (Å²) in [5.74, 6) is -3.26. The fourth-order valence-corrected chi connectivity index (χ4v) is 28.3. The van der Waals surface area contributed by atoms with Gasteiger partial charge >= 0.3 is 0 Å². The lowest BCUT2D eigenvalue weighted by Gasteiger charge is -2.57. The highest BCUT2D eigenvalue weighted by Crippen LogP contribution is 2.67. The predicted molar refractivity (Wildman–Crippen MR) is 494 cm³/mol. The van der Waals surface area contributed by atoms with Gasteiger partial charge in [-0.2, -0.15) is 0 Å². The van der Waals surface area contributed by atoms with Gasteiger partial charge in [0.05, 0.1) is 65.0 Å². The van der Waals surface area contributed by atoms with E-state index in [2.05, 4.69) is 91.5 Å². The Labute approximate surface area is 742 Å². The third-order valence-electron chi connectivity index (χ3n) is 32.1. The first-order chi connectivity index (χ1) is 60.3. The lowest BCUT2D eigenvalue weighted by Crippen LogP contribution is -2.65. The fraction of sp³-hybridized carbons (Fsp3) is 0.596. The van der Waals surface area contributed by atoms with Crippen LogP contribution in [-0.2, 0) is 70.6 Å². The van der Waals surface area contributed by atoms with Crippen LogP contribution in [0.1, 0.15) is 325 Å². The van der Waals surface area contributed by atoms with Crippen molar-refractivity contribution in [2.75, 3.05) is 21.3 Å². The highest BCUT2D eigenvalue weighted by molar-refractivity contribution is 6.16. The van der Waals surface area contributed by atoms with Crippen LogP contribution >= 0.6 is 0 Å².